The molecule has 128 valence electrons. The van der Waals surface area contributed by atoms with E-state index >= 15 is 0 Å². The first-order chi connectivity index (χ1) is 10.8. The number of rotatable bonds is 5. The van der Waals surface area contributed by atoms with Crippen molar-refractivity contribution in [1.82, 2.24) is 0 Å². The second-order valence-electron chi connectivity index (χ2n) is 4.66. The summed E-state index contributed by atoms with van der Waals surface area (Å²) >= 11 is 3.17. The molecular weight excluding hydrogens is 378 g/mol. The van der Waals surface area contributed by atoms with Crippen LogP contribution in [0.15, 0.2) is 5.11 Å². The number of azide groups is 1. The Morgan fingerprint density at radius 3 is 2.00 bits per heavy atom. The van der Waals surface area contributed by atoms with E-state index in [1.807, 2.05) is 0 Å². The minimum Gasteiger partial charge on any atom is -0.456 e. The lowest BCUT2D eigenvalue weighted by molar-refractivity contribution is -0.229. The summed E-state index contributed by atoms with van der Waals surface area (Å²) in [5.41, 5.74) is 8.44. The summed E-state index contributed by atoms with van der Waals surface area (Å²) in [5.74, 6) is -1.94. The van der Waals surface area contributed by atoms with Crippen LogP contribution in [0.4, 0.5) is 0 Å². The largest absolute Gasteiger partial charge is 0.456 e. The molecule has 0 saturated carbocycles. The van der Waals surface area contributed by atoms with Gasteiger partial charge in [0.25, 0.3) is 0 Å². The van der Waals surface area contributed by atoms with Crippen LogP contribution in [0.3, 0.4) is 0 Å². The second kappa shape index (κ2) is 8.70. The average Bonchev–Trinajstić information content (AvgIpc) is 2.42. The van der Waals surface area contributed by atoms with E-state index in [1.54, 1.807) is 0 Å². The SMILES string of the molecule is CC(=O)O[C@@H]1[C@@H](OC(C)=O)[C@@H](Br)O[C@H](CN=[N+]=[N-])[C@H]1OC(C)=O. The number of carbonyl (C=O) groups excluding carboxylic acids is 3. The summed E-state index contributed by atoms with van der Waals surface area (Å²) in [6, 6.07) is 0. The van der Waals surface area contributed by atoms with Crippen LogP contribution in [0.25, 0.3) is 10.4 Å². The smallest absolute Gasteiger partial charge is 0.303 e. The molecule has 1 heterocycles. The van der Waals surface area contributed by atoms with E-state index in [-0.39, 0.29) is 6.54 Å². The van der Waals surface area contributed by atoms with Gasteiger partial charge in [0.2, 0.25) is 0 Å². The number of ether oxygens (including phenoxy) is 4. The fourth-order valence-electron chi connectivity index (χ4n) is 2.11. The van der Waals surface area contributed by atoms with Crippen LogP contribution in [-0.4, -0.2) is 53.9 Å². The van der Waals surface area contributed by atoms with E-state index in [9.17, 15) is 14.4 Å². The van der Waals surface area contributed by atoms with Gasteiger partial charge in [-0.05, 0) is 5.53 Å². The Hall–Kier alpha value is -1.84. The molecule has 1 fully saturated rings. The standard InChI is InChI=1S/C12H16BrN3O7/c1-5(17)20-9-8(4-15-16-14)23-12(13)11(22-7(3)19)10(9)21-6(2)18/h8-12H,4H2,1-3H3/t8-,9-,10+,11-,12+/m1/s1. The molecule has 1 rings (SSSR count). The fourth-order valence-corrected chi connectivity index (χ4v) is 2.79. The van der Waals surface area contributed by atoms with Crippen LogP contribution >= 0.6 is 15.9 Å². The van der Waals surface area contributed by atoms with Gasteiger partial charge in [0.15, 0.2) is 23.3 Å². The molecule has 0 aromatic rings. The average molecular weight is 394 g/mol. The first-order valence-electron chi connectivity index (χ1n) is 6.58. The number of alkyl halides is 1. The van der Waals surface area contributed by atoms with Gasteiger partial charge < -0.3 is 18.9 Å². The number of nitrogens with zero attached hydrogens (tertiary/aromatic N) is 3. The van der Waals surface area contributed by atoms with E-state index in [0.29, 0.717) is 0 Å². The zero-order valence-corrected chi connectivity index (χ0v) is 14.3. The van der Waals surface area contributed by atoms with E-state index in [4.69, 9.17) is 24.5 Å². The molecule has 11 heteroatoms. The minimum atomic E-state index is -1.11. The highest BCUT2D eigenvalue weighted by Gasteiger charge is 2.50. The summed E-state index contributed by atoms with van der Waals surface area (Å²) in [6.07, 6.45) is -4.13. The first kappa shape index (κ1) is 19.2. The van der Waals surface area contributed by atoms with Crippen molar-refractivity contribution in [3.63, 3.8) is 0 Å². The van der Waals surface area contributed by atoms with Crippen LogP contribution < -0.4 is 0 Å². The van der Waals surface area contributed by atoms with E-state index in [1.165, 1.54) is 6.92 Å². The number of hydrogen-bond acceptors (Lipinski definition) is 8. The Bertz CT molecular complexity index is 523. The molecule has 10 nitrogen and oxygen atoms in total. The van der Waals surface area contributed by atoms with Gasteiger partial charge in [-0.3, -0.25) is 14.4 Å². The van der Waals surface area contributed by atoms with Gasteiger partial charge in [-0.15, -0.1) is 0 Å². The molecule has 0 radical (unpaired) electrons. The topological polar surface area (TPSA) is 137 Å². The molecule has 5 atom stereocenters. The second-order valence-corrected chi connectivity index (χ2v) is 5.56. The monoisotopic (exact) mass is 393 g/mol. The molecular formula is C12H16BrN3O7. The number of esters is 3. The molecule has 0 aliphatic carbocycles. The maximum absolute atomic E-state index is 11.4. The third-order valence-electron chi connectivity index (χ3n) is 2.81. The molecule has 0 N–H and O–H groups in total. The van der Waals surface area contributed by atoms with Gasteiger partial charge >= 0.3 is 17.9 Å². The van der Waals surface area contributed by atoms with Crippen molar-refractivity contribution in [2.24, 2.45) is 5.11 Å². The highest BCUT2D eigenvalue weighted by Crippen LogP contribution is 2.31. The van der Waals surface area contributed by atoms with Gasteiger partial charge in [0, 0.05) is 25.7 Å². The van der Waals surface area contributed by atoms with E-state index in [2.05, 4.69) is 26.0 Å². The molecule has 1 aliphatic heterocycles. The minimum absolute atomic E-state index is 0.166. The summed E-state index contributed by atoms with van der Waals surface area (Å²) in [4.78, 5) is 36.6. The lowest BCUT2D eigenvalue weighted by atomic mass is 9.99. The highest BCUT2D eigenvalue weighted by molar-refractivity contribution is 9.09. The van der Waals surface area contributed by atoms with Gasteiger partial charge in [-0.2, -0.15) is 0 Å². The summed E-state index contributed by atoms with van der Waals surface area (Å²) < 4.78 is 20.9. The zero-order chi connectivity index (χ0) is 17.6. The number of halogens is 1. The van der Waals surface area contributed by atoms with E-state index < -0.39 is 47.3 Å². The molecule has 0 spiro atoms. The number of hydrogen-bond donors (Lipinski definition) is 0. The predicted octanol–water partition coefficient (Wildman–Crippen LogP) is 1.21. The maximum Gasteiger partial charge on any atom is 0.303 e. The van der Waals surface area contributed by atoms with Crippen molar-refractivity contribution in [2.75, 3.05) is 6.54 Å². The van der Waals surface area contributed by atoms with Crippen molar-refractivity contribution >= 4 is 33.8 Å². The quantitative estimate of drug-likeness (QED) is 0.171. The summed E-state index contributed by atoms with van der Waals surface area (Å²) in [5, 5.41) is 2.54. The maximum atomic E-state index is 11.4. The molecule has 0 bridgehead atoms. The van der Waals surface area contributed by atoms with Crippen molar-refractivity contribution in [3.8, 4) is 0 Å². The van der Waals surface area contributed by atoms with Crippen molar-refractivity contribution < 1.29 is 33.3 Å². The Balaban J connectivity index is 3.15. The van der Waals surface area contributed by atoms with Gasteiger partial charge in [0.1, 0.15) is 6.10 Å². The van der Waals surface area contributed by atoms with Crippen LogP contribution in [0, 0.1) is 0 Å². The Morgan fingerprint density at radius 1 is 1.04 bits per heavy atom. The molecule has 1 saturated heterocycles. The molecule has 0 unspecified atom stereocenters. The van der Waals surface area contributed by atoms with Crippen LogP contribution in [0.1, 0.15) is 20.8 Å². The highest BCUT2D eigenvalue weighted by atomic mass is 79.9. The lowest BCUT2D eigenvalue weighted by Gasteiger charge is -2.42. The third-order valence-corrected chi connectivity index (χ3v) is 3.54. The van der Waals surface area contributed by atoms with Crippen molar-refractivity contribution in [1.29, 1.82) is 0 Å². The predicted molar refractivity (Wildman–Crippen MR) is 78.3 cm³/mol. The van der Waals surface area contributed by atoms with Crippen molar-refractivity contribution in [3.05, 3.63) is 10.4 Å². The van der Waals surface area contributed by atoms with Crippen molar-refractivity contribution in [2.45, 2.75) is 50.2 Å². The Kier molecular flexibility index (Phi) is 7.27. The van der Waals surface area contributed by atoms with Gasteiger partial charge in [-0.25, -0.2) is 0 Å². The normalized spacial score (nSPS) is 29.8. The number of carbonyl (C=O) groups is 3. The molecule has 0 amide bonds. The molecule has 0 aromatic carbocycles. The molecule has 0 aromatic heterocycles. The fraction of sp³-hybridized carbons (Fsp3) is 0.750. The lowest BCUT2D eigenvalue weighted by Crippen LogP contribution is -2.60. The molecule has 23 heavy (non-hydrogen) atoms. The third kappa shape index (κ3) is 5.70. The Morgan fingerprint density at radius 2 is 1.52 bits per heavy atom. The first-order valence-corrected chi connectivity index (χ1v) is 7.49. The van der Waals surface area contributed by atoms with Crippen LogP contribution in [0.5, 0.6) is 0 Å². The summed E-state index contributed by atoms with van der Waals surface area (Å²) in [7, 11) is 0. The summed E-state index contributed by atoms with van der Waals surface area (Å²) in [6.45, 7) is 3.34. The van der Waals surface area contributed by atoms with Crippen LogP contribution in [-0.2, 0) is 33.3 Å². The Labute approximate surface area is 140 Å². The van der Waals surface area contributed by atoms with Crippen LogP contribution in [0.2, 0.25) is 0 Å². The zero-order valence-electron chi connectivity index (χ0n) is 12.7. The van der Waals surface area contributed by atoms with Gasteiger partial charge in [-0.1, -0.05) is 21.0 Å². The molecule has 1 aliphatic rings. The van der Waals surface area contributed by atoms with Gasteiger partial charge in [0.05, 0.1) is 6.54 Å². The van der Waals surface area contributed by atoms with E-state index in [0.717, 1.165) is 13.8 Å².